The van der Waals surface area contributed by atoms with Crippen LogP contribution in [0.2, 0.25) is 0 Å². The predicted octanol–water partition coefficient (Wildman–Crippen LogP) is 3.53. The molecule has 4 nitrogen and oxygen atoms in total. The van der Waals surface area contributed by atoms with Gasteiger partial charge in [-0.05, 0) is 0 Å². The molecule has 0 aliphatic heterocycles. The fourth-order valence-electron chi connectivity index (χ4n) is 2.18. The van der Waals surface area contributed by atoms with Crippen LogP contribution in [0.4, 0.5) is 0 Å². The molecule has 1 heterocycles. The van der Waals surface area contributed by atoms with E-state index < -0.39 is 5.91 Å². The van der Waals surface area contributed by atoms with Gasteiger partial charge in [-0.15, -0.1) is 11.3 Å². The van der Waals surface area contributed by atoms with Crippen molar-refractivity contribution in [2.45, 2.75) is 6.42 Å². The van der Waals surface area contributed by atoms with Gasteiger partial charge >= 0.3 is 0 Å². The summed E-state index contributed by atoms with van der Waals surface area (Å²) in [7, 11) is 0. The number of rotatable bonds is 4. The maximum Gasteiger partial charge on any atom is 0.248 e. The van der Waals surface area contributed by atoms with E-state index in [0.29, 0.717) is 0 Å². The van der Waals surface area contributed by atoms with Crippen molar-refractivity contribution in [3.63, 3.8) is 0 Å². The minimum absolute atomic E-state index is 0.102. The molecule has 2 aromatic carbocycles. The molecule has 110 valence electrons. The van der Waals surface area contributed by atoms with E-state index in [1.165, 1.54) is 11.3 Å². The Balaban J connectivity index is 2.07. The lowest BCUT2D eigenvalue weighted by Gasteiger charge is -2.01. The number of nitrogens with zero attached hydrogens (tertiary/aromatic N) is 1. The molecule has 0 unspecified atom stereocenters. The number of benzene rings is 2. The number of carbonyl (C=O) groups excluding carboxylic acids is 1. The van der Waals surface area contributed by atoms with Crippen LogP contribution in [0.15, 0.2) is 60.7 Å². The van der Waals surface area contributed by atoms with Gasteiger partial charge in [0.15, 0.2) is 0 Å². The van der Waals surface area contributed by atoms with Crippen molar-refractivity contribution in [1.29, 1.82) is 0 Å². The third-order valence-corrected chi connectivity index (χ3v) is 4.32. The lowest BCUT2D eigenvalue weighted by atomic mass is 10.1. The van der Waals surface area contributed by atoms with Crippen molar-refractivity contribution in [1.82, 2.24) is 10.5 Å². The second kappa shape index (κ2) is 6.51. The van der Waals surface area contributed by atoms with E-state index in [0.717, 1.165) is 26.7 Å². The summed E-state index contributed by atoms with van der Waals surface area (Å²) in [6.45, 7) is 0. The summed E-state index contributed by atoms with van der Waals surface area (Å²) in [5.74, 6) is -0.444. The highest BCUT2D eigenvalue weighted by Gasteiger charge is 2.16. The van der Waals surface area contributed by atoms with Crippen LogP contribution in [0.5, 0.6) is 0 Å². The van der Waals surface area contributed by atoms with Crippen molar-refractivity contribution in [3.05, 3.63) is 65.5 Å². The van der Waals surface area contributed by atoms with Gasteiger partial charge in [-0.2, -0.15) is 0 Å². The van der Waals surface area contributed by atoms with Crippen LogP contribution in [-0.2, 0) is 11.2 Å². The molecular weight excluding hydrogens is 296 g/mol. The molecule has 22 heavy (non-hydrogen) atoms. The van der Waals surface area contributed by atoms with Crippen molar-refractivity contribution in [2.24, 2.45) is 0 Å². The summed E-state index contributed by atoms with van der Waals surface area (Å²) in [4.78, 5) is 17.1. The molecule has 1 aromatic heterocycles. The van der Waals surface area contributed by atoms with Gasteiger partial charge in [-0.25, -0.2) is 10.5 Å². The Kier molecular flexibility index (Phi) is 4.27. The van der Waals surface area contributed by atoms with Crippen LogP contribution in [0.3, 0.4) is 0 Å². The second-order valence-electron chi connectivity index (χ2n) is 4.73. The van der Waals surface area contributed by atoms with Gasteiger partial charge in [-0.1, -0.05) is 60.7 Å². The fraction of sp³-hybridized carbons (Fsp3) is 0.0588. The van der Waals surface area contributed by atoms with Gasteiger partial charge in [0.05, 0.1) is 12.1 Å². The number of thiazole rings is 1. The van der Waals surface area contributed by atoms with Crippen LogP contribution < -0.4 is 5.48 Å². The van der Waals surface area contributed by atoms with E-state index in [1.54, 1.807) is 5.48 Å². The first-order valence-electron chi connectivity index (χ1n) is 6.81. The van der Waals surface area contributed by atoms with Crippen molar-refractivity contribution < 1.29 is 10.0 Å². The Hall–Kier alpha value is -2.50. The Bertz CT molecular complexity index is 770. The van der Waals surface area contributed by atoms with Crippen LogP contribution in [0.1, 0.15) is 4.88 Å². The molecule has 5 heteroatoms. The molecule has 0 aliphatic carbocycles. The molecule has 0 saturated carbocycles. The first-order chi connectivity index (χ1) is 10.8. The lowest BCUT2D eigenvalue weighted by Crippen LogP contribution is -2.20. The third-order valence-electron chi connectivity index (χ3n) is 3.21. The number of nitrogens with one attached hydrogen (secondary N) is 1. The minimum atomic E-state index is -0.444. The zero-order valence-electron chi connectivity index (χ0n) is 11.7. The van der Waals surface area contributed by atoms with Crippen molar-refractivity contribution >= 4 is 17.2 Å². The van der Waals surface area contributed by atoms with Gasteiger partial charge in [0.25, 0.3) is 0 Å². The molecule has 0 saturated heterocycles. The highest BCUT2D eigenvalue weighted by atomic mass is 32.1. The quantitative estimate of drug-likeness (QED) is 0.572. The molecule has 0 fully saturated rings. The van der Waals surface area contributed by atoms with Crippen molar-refractivity contribution in [3.8, 4) is 21.8 Å². The lowest BCUT2D eigenvalue weighted by molar-refractivity contribution is -0.128. The van der Waals surface area contributed by atoms with E-state index >= 15 is 0 Å². The molecule has 0 radical (unpaired) electrons. The molecule has 0 atom stereocenters. The van der Waals surface area contributed by atoms with Gasteiger partial charge < -0.3 is 0 Å². The Morgan fingerprint density at radius 1 is 1.00 bits per heavy atom. The smallest absolute Gasteiger partial charge is 0.248 e. The molecule has 0 aliphatic rings. The SMILES string of the molecule is O=C(Cc1sc(-c2ccccc2)nc1-c1ccccc1)NO. The summed E-state index contributed by atoms with van der Waals surface area (Å²) in [6.07, 6.45) is 0.102. The van der Waals surface area contributed by atoms with E-state index in [4.69, 9.17) is 10.2 Å². The predicted molar refractivity (Wildman–Crippen MR) is 86.6 cm³/mol. The summed E-state index contributed by atoms with van der Waals surface area (Å²) in [5, 5.41) is 9.63. The van der Waals surface area contributed by atoms with E-state index in [1.807, 2.05) is 60.7 Å². The summed E-state index contributed by atoms with van der Waals surface area (Å²) < 4.78 is 0. The average molecular weight is 310 g/mol. The van der Waals surface area contributed by atoms with Gasteiger partial charge in [-0.3, -0.25) is 10.0 Å². The Morgan fingerprint density at radius 3 is 2.18 bits per heavy atom. The zero-order chi connectivity index (χ0) is 15.4. The maximum atomic E-state index is 11.5. The number of hydrogen-bond donors (Lipinski definition) is 2. The second-order valence-corrected chi connectivity index (χ2v) is 5.82. The van der Waals surface area contributed by atoms with E-state index in [2.05, 4.69) is 0 Å². The molecule has 1 amide bonds. The normalized spacial score (nSPS) is 10.4. The Morgan fingerprint density at radius 2 is 1.59 bits per heavy atom. The highest BCUT2D eigenvalue weighted by Crippen LogP contribution is 2.34. The molecule has 3 rings (SSSR count). The fourth-order valence-corrected chi connectivity index (χ4v) is 3.27. The molecule has 3 aromatic rings. The van der Waals surface area contributed by atoms with E-state index in [9.17, 15) is 4.79 Å². The van der Waals surface area contributed by atoms with Crippen LogP contribution in [-0.4, -0.2) is 16.1 Å². The zero-order valence-corrected chi connectivity index (χ0v) is 12.5. The standard InChI is InChI=1S/C17H14N2O2S/c20-15(19-21)11-14-16(12-7-3-1-4-8-12)18-17(22-14)13-9-5-2-6-10-13/h1-10,21H,11H2,(H,19,20). The number of amides is 1. The van der Waals surface area contributed by atoms with Gasteiger partial charge in [0.2, 0.25) is 5.91 Å². The van der Waals surface area contributed by atoms with Gasteiger partial charge in [0, 0.05) is 16.0 Å². The van der Waals surface area contributed by atoms with E-state index in [-0.39, 0.29) is 6.42 Å². The van der Waals surface area contributed by atoms with Crippen LogP contribution in [0.25, 0.3) is 21.8 Å². The topological polar surface area (TPSA) is 62.2 Å². The Labute approximate surface area is 132 Å². The number of aromatic nitrogens is 1. The number of carbonyl (C=O) groups is 1. The first-order valence-corrected chi connectivity index (χ1v) is 7.63. The largest absolute Gasteiger partial charge is 0.289 e. The monoisotopic (exact) mass is 310 g/mol. The summed E-state index contributed by atoms with van der Waals surface area (Å²) in [5.41, 5.74) is 4.44. The summed E-state index contributed by atoms with van der Waals surface area (Å²) >= 11 is 1.47. The van der Waals surface area contributed by atoms with Crippen LogP contribution >= 0.6 is 11.3 Å². The first kappa shape index (κ1) is 14.4. The number of hydrogen-bond acceptors (Lipinski definition) is 4. The molecule has 2 N–H and O–H groups in total. The minimum Gasteiger partial charge on any atom is -0.289 e. The molecule has 0 bridgehead atoms. The maximum absolute atomic E-state index is 11.5. The molecule has 0 spiro atoms. The van der Waals surface area contributed by atoms with Crippen LogP contribution in [0, 0.1) is 0 Å². The highest BCUT2D eigenvalue weighted by molar-refractivity contribution is 7.15. The summed E-state index contributed by atoms with van der Waals surface area (Å²) in [6, 6.07) is 19.6. The average Bonchev–Trinajstić information content (AvgIpc) is 3.00. The van der Waals surface area contributed by atoms with Crippen molar-refractivity contribution in [2.75, 3.05) is 0 Å². The number of hydroxylamine groups is 1. The third kappa shape index (κ3) is 3.05. The molecular formula is C17H14N2O2S. The van der Waals surface area contributed by atoms with Gasteiger partial charge in [0.1, 0.15) is 5.01 Å².